The van der Waals surface area contributed by atoms with Gasteiger partial charge in [0.2, 0.25) is 0 Å². The number of nitrogens with zero attached hydrogens (tertiary/aromatic N) is 1. The van der Waals surface area contributed by atoms with Crippen molar-refractivity contribution in [3.8, 4) is 0 Å². The van der Waals surface area contributed by atoms with E-state index in [1.54, 1.807) is 0 Å². The number of rotatable bonds is 2. The minimum absolute atomic E-state index is 0.275. The summed E-state index contributed by atoms with van der Waals surface area (Å²) in [6.45, 7) is 3.91. The van der Waals surface area contributed by atoms with Crippen molar-refractivity contribution in [3.05, 3.63) is 34.9 Å². The molecular weight excluding hydrogens is 267 g/mol. The lowest BCUT2D eigenvalue weighted by atomic mass is 10.0. The van der Waals surface area contributed by atoms with Gasteiger partial charge in [0.1, 0.15) is 0 Å². The molecule has 1 aromatic rings. The minimum Gasteiger partial charge on any atom is -0.393 e. The molecule has 1 fully saturated rings. The van der Waals surface area contributed by atoms with Crippen molar-refractivity contribution >= 4 is 0 Å². The van der Waals surface area contributed by atoms with Crippen molar-refractivity contribution in [3.63, 3.8) is 0 Å². The fourth-order valence-corrected chi connectivity index (χ4v) is 2.56. The molecule has 2 nitrogen and oxygen atoms in total. The normalized spacial score (nSPS) is 21.8. The number of hydrogen-bond acceptors (Lipinski definition) is 2. The zero-order valence-electron chi connectivity index (χ0n) is 11.6. The standard InChI is InChI=1S/C15H20F3NO/c1-11-4-5-13(15(16,17)18)9-12(11)10-19-7-2-3-14(20)6-8-19/h4-5,9,14,20H,2-3,6-8,10H2,1H3/t14-/m0/s1. The van der Waals surface area contributed by atoms with Gasteiger partial charge in [-0.3, -0.25) is 4.90 Å². The lowest BCUT2D eigenvalue weighted by molar-refractivity contribution is -0.137. The molecule has 0 amide bonds. The Labute approximate surface area is 117 Å². The smallest absolute Gasteiger partial charge is 0.393 e. The first kappa shape index (κ1) is 15.3. The van der Waals surface area contributed by atoms with Crippen LogP contribution in [-0.4, -0.2) is 29.2 Å². The third-order valence-electron chi connectivity index (χ3n) is 3.86. The molecule has 1 N–H and O–H groups in total. The van der Waals surface area contributed by atoms with E-state index in [2.05, 4.69) is 4.90 Å². The van der Waals surface area contributed by atoms with E-state index in [-0.39, 0.29) is 6.10 Å². The monoisotopic (exact) mass is 287 g/mol. The van der Waals surface area contributed by atoms with Gasteiger partial charge < -0.3 is 5.11 Å². The molecular formula is C15H20F3NO. The van der Waals surface area contributed by atoms with Crippen LogP contribution in [0.5, 0.6) is 0 Å². The maximum atomic E-state index is 12.7. The number of alkyl halides is 3. The summed E-state index contributed by atoms with van der Waals surface area (Å²) in [5.74, 6) is 0. The van der Waals surface area contributed by atoms with Crippen LogP contribution in [0.15, 0.2) is 18.2 Å². The van der Waals surface area contributed by atoms with E-state index >= 15 is 0 Å². The van der Waals surface area contributed by atoms with Crippen molar-refractivity contribution in [1.82, 2.24) is 4.90 Å². The Morgan fingerprint density at radius 1 is 1.25 bits per heavy atom. The average Bonchev–Trinajstić information content (AvgIpc) is 2.56. The molecule has 1 heterocycles. The summed E-state index contributed by atoms with van der Waals surface area (Å²) in [6, 6.07) is 3.91. The van der Waals surface area contributed by atoms with E-state index in [1.807, 2.05) is 6.92 Å². The summed E-state index contributed by atoms with van der Waals surface area (Å²) in [5, 5.41) is 9.60. The second-order valence-corrected chi connectivity index (χ2v) is 5.50. The summed E-state index contributed by atoms with van der Waals surface area (Å²) in [5.41, 5.74) is 1.01. The lowest BCUT2D eigenvalue weighted by Gasteiger charge is -2.21. The SMILES string of the molecule is Cc1ccc(C(F)(F)F)cc1CN1CCC[C@H](O)CC1. The Kier molecular flexibility index (Phi) is 4.70. The number of likely N-dealkylation sites (tertiary alicyclic amines) is 1. The van der Waals surface area contributed by atoms with E-state index in [1.165, 1.54) is 12.1 Å². The van der Waals surface area contributed by atoms with Gasteiger partial charge in [0.15, 0.2) is 0 Å². The van der Waals surface area contributed by atoms with Gasteiger partial charge in [-0.2, -0.15) is 13.2 Å². The van der Waals surface area contributed by atoms with Gasteiger partial charge in [0.05, 0.1) is 11.7 Å². The molecule has 0 bridgehead atoms. The summed E-state index contributed by atoms with van der Waals surface area (Å²) < 4.78 is 38.2. The summed E-state index contributed by atoms with van der Waals surface area (Å²) in [6.07, 6.45) is -2.21. The topological polar surface area (TPSA) is 23.5 Å². The van der Waals surface area contributed by atoms with Crippen molar-refractivity contribution in [2.75, 3.05) is 13.1 Å². The van der Waals surface area contributed by atoms with Gasteiger partial charge in [-0.05, 0) is 56.0 Å². The first-order chi connectivity index (χ1) is 9.36. The largest absolute Gasteiger partial charge is 0.416 e. The molecule has 0 radical (unpaired) electrons. The van der Waals surface area contributed by atoms with Crippen LogP contribution in [-0.2, 0) is 12.7 Å². The highest BCUT2D eigenvalue weighted by Crippen LogP contribution is 2.31. The fraction of sp³-hybridized carbons (Fsp3) is 0.600. The number of benzene rings is 1. The van der Waals surface area contributed by atoms with Gasteiger partial charge >= 0.3 is 6.18 Å². The van der Waals surface area contributed by atoms with Crippen LogP contribution in [0.1, 0.15) is 36.0 Å². The molecule has 5 heteroatoms. The van der Waals surface area contributed by atoms with Crippen molar-refractivity contribution in [2.45, 2.75) is 45.0 Å². The van der Waals surface area contributed by atoms with Gasteiger partial charge in [-0.1, -0.05) is 6.07 Å². The van der Waals surface area contributed by atoms with Crippen LogP contribution in [0.3, 0.4) is 0 Å². The van der Waals surface area contributed by atoms with E-state index < -0.39 is 11.7 Å². The molecule has 20 heavy (non-hydrogen) atoms. The van der Waals surface area contributed by atoms with Gasteiger partial charge in [-0.15, -0.1) is 0 Å². The first-order valence-corrected chi connectivity index (χ1v) is 6.93. The molecule has 0 spiro atoms. The Morgan fingerprint density at radius 2 is 2.00 bits per heavy atom. The van der Waals surface area contributed by atoms with Crippen molar-refractivity contribution in [1.29, 1.82) is 0 Å². The van der Waals surface area contributed by atoms with Crippen molar-refractivity contribution in [2.24, 2.45) is 0 Å². The number of aliphatic hydroxyl groups is 1. The summed E-state index contributed by atoms with van der Waals surface area (Å²) >= 11 is 0. The van der Waals surface area contributed by atoms with Gasteiger partial charge in [0, 0.05) is 13.1 Å². The average molecular weight is 287 g/mol. The molecule has 0 aliphatic carbocycles. The minimum atomic E-state index is -4.29. The van der Waals surface area contributed by atoms with Crippen LogP contribution >= 0.6 is 0 Å². The van der Waals surface area contributed by atoms with Crippen LogP contribution in [0.25, 0.3) is 0 Å². The number of halogens is 3. The number of aliphatic hydroxyl groups excluding tert-OH is 1. The van der Waals surface area contributed by atoms with Crippen LogP contribution in [0, 0.1) is 6.92 Å². The zero-order valence-corrected chi connectivity index (χ0v) is 11.6. The lowest BCUT2D eigenvalue weighted by Crippen LogP contribution is -2.25. The van der Waals surface area contributed by atoms with E-state index in [0.717, 1.165) is 43.1 Å². The highest BCUT2D eigenvalue weighted by Gasteiger charge is 2.30. The van der Waals surface area contributed by atoms with Crippen molar-refractivity contribution < 1.29 is 18.3 Å². The van der Waals surface area contributed by atoms with Gasteiger partial charge in [-0.25, -0.2) is 0 Å². The van der Waals surface area contributed by atoms with Crippen LogP contribution in [0.2, 0.25) is 0 Å². The molecule has 1 atom stereocenters. The van der Waals surface area contributed by atoms with Crippen LogP contribution in [0.4, 0.5) is 13.2 Å². The third-order valence-corrected chi connectivity index (χ3v) is 3.86. The third kappa shape index (κ3) is 3.96. The molecule has 112 valence electrons. The van der Waals surface area contributed by atoms with E-state index in [0.29, 0.717) is 13.0 Å². The number of aryl methyl sites for hydroxylation is 1. The second kappa shape index (κ2) is 6.14. The Bertz CT molecular complexity index is 459. The fourth-order valence-electron chi connectivity index (χ4n) is 2.56. The second-order valence-electron chi connectivity index (χ2n) is 5.50. The highest BCUT2D eigenvalue weighted by atomic mass is 19.4. The van der Waals surface area contributed by atoms with Crippen LogP contribution < -0.4 is 0 Å². The molecule has 0 saturated carbocycles. The first-order valence-electron chi connectivity index (χ1n) is 6.93. The molecule has 0 aromatic heterocycles. The number of hydrogen-bond donors (Lipinski definition) is 1. The maximum absolute atomic E-state index is 12.7. The highest BCUT2D eigenvalue weighted by molar-refractivity contribution is 5.32. The van der Waals surface area contributed by atoms with Gasteiger partial charge in [0.25, 0.3) is 0 Å². The Balaban J connectivity index is 2.12. The molecule has 2 rings (SSSR count). The zero-order chi connectivity index (χ0) is 14.8. The molecule has 1 aliphatic heterocycles. The Hall–Kier alpha value is -1.07. The molecule has 1 aromatic carbocycles. The Morgan fingerprint density at radius 3 is 2.70 bits per heavy atom. The molecule has 1 aliphatic rings. The van der Waals surface area contributed by atoms with E-state index in [9.17, 15) is 18.3 Å². The quantitative estimate of drug-likeness (QED) is 0.901. The van der Waals surface area contributed by atoms with E-state index in [4.69, 9.17) is 0 Å². The molecule has 0 unspecified atom stereocenters. The maximum Gasteiger partial charge on any atom is 0.416 e. The predicted octanol–water partition coefficient (Wildman–Crippen LogP) is 3.36. The summed E-state index contributed by atoms with van der Waals surface area (Å²) in [7, 11) is 0. The predicted molar refractivity (Wildman–Crippen MR) is 71.3 cm³/mol. The molecule has 1 saturated heterocycles. The summed E-state index contributed by atoms with van der Waals surface area (Å²) in [4.78, 5) is 2.12.